The average Bonchev–Trinajstić information content (AvgIpc) is 3.38. The molecule has 0 spiro atoms. The lowest BCUT2D eigenvalue weighted by Crippen LogP contribution is -2.49. The number of nitrogens with zero attached hydrogens (tertiary/aromatic N) is 2. The third-order valence-electron chi connectivity index (χ3n) is 6.55. The number of carbonyl (C=O) groups is 1. The highest BCUT2D eigenvalue weighted by Gasteiger charge is 2.35. The second-order valence-corrected chi connectivity index (χ2v) is 8.71. The quantitative estimate of drug-likeness (QED) is 0.409. The minimum absolute atomic E-state index is 0.0349. The standard InChI is InChI=1S/C28H28N4O2/c1-29-24(15-19-11-13-23(33)14-12-19)28(34)32-18-22-10-6-5-9-21(22)16-26(32)27-30-17-25(31-27)20-7-3-2-4-8-20/h2-14,17,24,26,29,33H,15-16,18H2,1H3,(H,30,31)/t24-,26-/m0/s1. The lowest BCUT2D eigenvalue weighted by Gasteiger charge is -2.38. The Morgan fingerprint density at radius 1 is 1.06 bits per heavy atom. The molecule has 3 N–H and O–H groups in total. The Balaban J connectivity index is 1.46. The Morgan fingerprint density at radius 3 is 2.50 bits per heavy atom. The Labute approximate surface area is 199 Å². The van der Waals surface area contributed by atoms with Gasteiger partial charge in [-0.2, -0.15) is 0 Å². The van der Waals surface area contributed by atoms with Crippen LogP contribution in [0.25, 0.3) is 11.3 Å². The van der Waals surface area contributed by atoms with E-state index >= 15 is 0 Å². The summed E-state index contributed by atoms with van der Waals surface area (Å²) in [5.41, 5.74) is 5.41. The minimum atomic E-state index is -0.388. The molecule has 4 aromatic rings. The zero-order valence-electron chi connectivity index (χ0n) is 19.1. The highest BCUT2D eigenvalue weighted by Crippen LogP contribution is 2.33. The van der Waals surface area contributed by atoms with Crippen molar-refractivity contribution < 1.29 is 9.90 Å². The van der Waals surface area contributed by atoms with Crippen LogP contribution in [0.15, 0.2) is 85.1 Å². The number of H-pyrrole nitrogens is 1. The first kappa shape index (κ1) is 21.9. The molecule has 6 heteroatoms. The number of likely N-dealkylation sites (N-methyl/N-ethyl adjacent to an activating group) is 1. The second-order valence-electron chi connectivity index (χ2n) is 8.71. The number of benzene rings is 3. The number of aromatic amines is 1. The Kier molecular flexibility index (Phi) is 6.14. The Hall–Kier alpha value is -3.90. The van der Waals surface area contributed by atoms with Crippen molar-refractivity contribution in [2.45, 2.75) is 31.5 Å². The average molecular weight is 453 g/mol. The van der Waals surface area contributed by atoms with Crippen LogP contribution in [-0.4, -0.2) is 39.0 Å². The molecule has 2 atom stereocenters. The van der Waals surface area contributed by atoms with E-state index in [1.54, 1.807) is 12.1 Å². The second kappa shape index (κ2) is 9.53. The smallest absolute Gasteiger partial charge is 0.240 e. The highest BCUT2D eigenvalue weighted by molar-refractivity contribution is 5.83. The molecule has 0 aliphatic carbocycles. The van der Waals surface area contributed by atoms with E-state index in [4.69, 9.17) is 4.98 Å². The molecule has 172 valence electrons. The number of nitrogens with one attached hydrogen (secondary N) is 2. The molecular weight excluding hydrogens is 424 g/mol. The van der Waals surface area contributed by atoms with Gasteiger partial charge in [-0.15, -0.1) is 0 Å². The SMILES string of the molecule is CN[C@@H](Cc1ccc(O)cc1)C(=O)N1Cc2ccccc2C[C@H]1c1ncc(-c2ccccc2)[nH]1. The van der Waals surface area contributed by atoms with Crippen LogP contribution in [0.1, 0.15) is 28.6 Å². The molecule has 1 aliphatic heterocycles. The molecule has 0 fully saturated rings. The summed E-state index contributed by atoms with van der Waals surface area (Å²) in [5.74, 6) is 1.05. The van der Waals surface area contributed by atoms with Gasteiger partial charge in [-0.25, -0.2) is 4.98 Å². The normalized spacial score (nSPS) is 16.1. The number of aromatic nitrogens is 2. The molecule has 1 amide bonds. The largest absolute Gasteiger partial charge is 0.508 e. The molecule has 0 saturated carbocycles. The van der Waals surface area contributed by atoms with Crippen LogP contribution in [-0.2, 0) is 24.2 Å². The molecule has 0 saturated heterocycles. The third-order valence-corrected chi connectivity index (χ3v) is 6.55. The van der Waals surface area contributed by atoms with Gasteiger partial charge in [0.2, 0.25) is 5.91 Å². The van der Waals surface area contributed by atoms with E-state index in [1.165, 1.54) is 11.1 Å². The van der Waals surface area contributed by atoms with Gasteiger partial charge in [-0.3, -0.25) is 4.79 Å². The van der Waals surface area contributed by atoms with Crippen molar-refractivity contribution >= 4 is 5.91 Å². The van der Waals surface area contributed by atoms with Gasteiger partial charge in [0.1, 0.15) is 11.6 Å². The number of imidazole rings is 1. The summed E-state index contributed by atoms with van der Waals surface area (Å²) in [5, 5.41) is 12.8. The highest BCUT2D eigenvalue weighted by atomic mass is 16.3. The first-order valence-electron chi connectivity index (χ1n) is 11.5. The van der Waals surface area contributed by atoms with E-state index in [9.17, 15) is 9.90 Å². The van der Waals surface area contributed by atoms with Crippen LogP contribution in [0.3, 0.4) is 0 Å². The molecule has 3 aromatic carbocycles. The minimum Gasteiger partial charge on any atom is -0.508 e. The number of phenols is 1. The van der Waals surface area contributed by atoms with Crippen LogP contribution in [0.2, 0.25) is 0 Å². The summed E-state index contributed by atoms with van der Waals surface area (Å²) in [4.78, 5) is 24.0. The third kappa shape index (κ3) is 4.45. The maximum absolute atomic E-state index is 13.8. The molecule has 0 bridgehead atoms. The van der Waals surface area contributed by atoms with Gasteiger partial charge < -0.3 is 20.3 Å². The Morgan fingerprint density at radius 2 is 1.76 bits per heavy atom. The van der Waals surface area contributed by atoms with Gasteiger partial charge in [0.15, 0.2) is 0 Å². The summed E-state index contributed by atoms with van der Waals surface area (Å²) in [6.07, 6.45) is 3.09. The van der Waals surface area contributed by atoms with Gasteiger partial charge in [-0.05, 0) is 47.9 Å². The van der Waals surface area contributed by atoms with Gasteiger partial charge in [0, 0.05) is 13.0 Å². The summed E-state index contributed by atoms with van der Waals surface area (Å²) in [6, 6.07) is 24.8. The first-order valence-corrected chi connectivity index (χ1v) is 11.5. The van der Waals surface area contributed by atoms with Crippen molar-refractivity contribution in [3.8, 4) is 17.0 Å². The van der Waals surface area contributed by atoms with Crippen molar-refractivity contribution in [3.05, 3.63) is 108 Å². The topological polar surface area (TPSA) is 81.2 Å². The lowest BCUT2D eigenvalue weighted by molar-refractivity contribution is -0.137. The summed E-state index contributed by atoms with van der Waals surface area (Å²) >= 11 is 0. The first-order chi connectivity index (χ1) is 16.6. The van der Waals surface area contributed by atoms with E-state index < -0.39 is 0 Å². The maximum atomic E-state index is 13.8. The van der Waals surface area contributed by atoms with Crippen molar-refractivity contribution in [2.24, 2.45) is 0 Å². The van der Waals surface area contributed by atoms with Gasteiger partial charge in [0.25, 0.3) is 0 Å². The number of rotatable bonds is 6. The van der Waals surface area contributed by atoms with Crippen LogP contribution < -0.4 is 5.32 Å². The summed E-state index contributed by atoms with van der Waals surface area (Å²) in [7, 11) is 1.82. The zero-order valence-corrected chi connectivity index (χ0v) is 19.1. The lowest BCUT2D eigenvalue weighted by atomic mass is 9.92. The number of phenolic OH excluding ortho intramolecular Hbond substituents is 1. The van der Waals surface area contributed by atoms with Crippen LogP contribution in [0, 0.1) is 0 Å². The van der Waals surface area contributed by atoms with Crippen LogP contribution in [0.5, 0.6) is 5.75 Å². The fourth-order valence-electron chi connectivity index (χ4n) is 4.65. The zero-order chi connectivity index (χ0) is 23.5. The number of aromatic hydroxyl groups is 1. The van der Waals surface area contributed by atoms with Gasteiger partial charge in [0.05, 0.1) is 24.0 Å². The van der Waals surface area contributed by atoms with E-state index in [1.807, 2.05) is 72.7 Å². The van der Waals surface area contributed by atoms with Crippen LogP contribution >= 0.6 is 0 Å². The molecule has 5 rings (SSSR count). The molecular formula is C28H28N4O2. The molecule has 0 unspecified atom stereocenters. The predicted molar refractivity (Wildman–Crippen MR) is 132 cm³/mol. The van der Waals surface area contributed by atoms with E-state index in [0.717, 1.165) is 22.6 Å². The fourth-order valence-corrected chi connectivity index (χ4v) is 4.65. The fraction of sp³-hybridized carbons (Fsp3) is 0.214. The van der Waals surface area contributed by atoms with Crippen molar-refractivity contribution in [1.82, 2.24) is 20.2 Å². The number of hydrogen-bond donors (Lipinski definition) is 3. The van der Waals surface area contributed by atoms with E-state index in [0.29, 0.717) is 19.4 Å². The molecule has 6 nitrogen and oxygen atoms in total. The van der Waals surface area contributed by atoms with E-state index in [-0.39, 0.29) is 23.7 Å². The molecule has 34 heavy (non-hydrogen) atoms. The van der Waals surface area contributed by atoms with Crippen molar-refractivity contribution in [3.63, 3.8) is 0 Å². The van der Waals surface area contributed by atoms with Crippen LogP contribution in [0.4, 0.5) is 0 Å². The Bertz CT molecular complexity index is 1270. The number of fused-ring (bicyclic) bond motifs is 1. The number of carbonyl (C=O) groups excluding carboxylic acids is 1. The van der Waals surface area contributed by atoms with E-state index in [2.05, 4.69) is 22.4 Å². The molecule has 2 heterocycles. The summed E-state index contributed by atoms with van der Waals surface area (Å²) < 4.78 is 0. The molecule has 0 radical (unpaired) electrons. The maximum Gasteiger partial charge on any atom is 0.240 e. The molecule has 1 aromatic heterocycles. The van der Waals surface area contributed by atoms with Gasteiger partial charge >= 0.3 is 0 Å². The molecule has 1 aliphatic rings. The number of hydrogen-bond acceptors (Lipinski definition) is 4. The van der Waals surface area contributed by atoms with Crippen molar-refractivity contribution in [2.75, 3.05) is 7.05 Å². The van der Waals surface area contributed by atoms with Gasteiger partial charge in [-0.1, -0.05) is 66.7 Å². The monoisotopic (exact) mass is 452 g/mol. The number of amides is 1. The predicted octanol–water partition coefficient (Wildman–Crippen LogP) is 4.24. The van der Waals surface area contributed by atoms with Crippen molar-refractivity contribution in [1.29, 1.82) is 0 Å². The summed E-state index contributed by atoms with van der Waals surface area (Å²) in [6.45, 7) is 0.537.